The summed E-state index contributed by atoms with van der Waals surface area (Å²) in [5.41, 5.74) is 1.16. The van der Waals surface area contributed by atoms with Crippen molar-refractivity contribution in [2.75, 3.05) is 0 Å². The Morgan fingerprint density at radius 1 is 1.37 bits per heavy atom. The summed E-state index contributed by atoms with van der Waals surface area (Å²) in [6.07, 6.45) is 3.99. The van der Waals surface area contributed by atoms with E-state index in [1.165, 1.54) is 4.57 Å². The van der Waals surface area contributed by atoms with Crippen molar-refractivity contribution in [3.05, 3.63) is 58.2 Å². The summed E-state index contributed by atoms with van der Waals surface area (Å²) < 4.78 is 8.33. The lowest BCUT2D eigenvalue weighted by Crippen LogP contribution is -2.21. The van der Waals surface area contributed by atoms with E-state index >= 15 is 0 Å². The number of fused-ring (bicyclic) bond motifs is 1. The zero-order valence-electron chi connectivity index (χ0n) is 10.2. The average molecular weight is 257 g/mol. The summed E-state index contributed by atoms with van der Waals surface area (Å²) in [7, 11) is 0. The van der Waals surface area contributed by atoms with Crippen molar-refractivity contribution >= 4 is 11.8 Å². The monoisotopic (exact) mass is 257 g/mol. The van der Waals surface area contributed by atoms with Crippen LogP contribution in [0.1, 0.15) is 22.0 Å². The Balaban J connectivity index is 2.03. The third-order valence-electron chi connectivity index (χ3n) is 2.85. The van der Waals surface area contributed by atoms with E-state index in [-0.39, 0.29) is 17.9 Å². The molecule has 6 nitrogen and oxygen atoms in total. The Morgan fingerprint density at radius 3 is 2.95 bits per heavy atom. The van der Waals surface area contributed by atoms with Gasteiger partial charge >= 0.3 is 0 Å². The third-order valence-corrected chi connectivity index (χ3v) is 2.85. The largest absolute Gasteiger partial charge is 0.456 e. The zero-order chi connectivity index (χ0) is 13.4. The molecule has 0 N–H and O–H groups in total. The summed E-state index contributed by atoms with van der Waals surface area (Å²) in [5, 5.41) is 4.17. The molecule has 3 rings (SSSR count). The maximum absolute atomic E-state index is 12.2. The second-order valence-corrected chi connectivity index (χ2v) is 4.27. The SMILES string of the molecule is Cc1cc2c(=O)n(Cc3ccc(C=O)o3)ccn2n1. The zero-order valence-corrected chi connectivity index (χ0v) is 10.2. The number of rotatable bonds is 3. The van der Waals surface area contributed by atoms with Crippen LogP contribution in [0.2, 0.25) is 0 Å². The van der Waals surface area contributed by atoms with Crippen LogP contribution >= 0.6 is 0 Å². The number of aromatic nitrogens is 3. The van der Waals surface area contributed by atoms with Gasteiger partial charge in [-0.15, -0.1) is 0 Å². The van der Waals surface area contributed by atoms with Crippen LogP contribution in [-0.2, 0) is 6.54 Å². The lowest BCUT2D eigenvalue weighted by molar-refractivity contribution is 0.109. The molecule has 3 aromatic heterocycles. The van der Waals surface area contributed by atoms with Gasteiger partial charge in [-0.05, 0) is 25.1 Å². The average Bonchev–Trinajstić information content (AvgIpc) is 2.99. The highest BCUT2D eigenvalue weighted by molar-refractivity contribution is 5.70. The molecule has 3 aromatic rings. The van der Waals surface area contributed by atoms with Gasteiger partial charge in [0.25, 0.3) is 5.56 Å². The smallest absolute Gasteiger partial charge is 0.276 e. The topological polar surface area (TPSA) is 69.5 Å². The van der Waals surface area contributed by atoms with Crippen molar-refractivity contribution in [1.82, 2.24) is 14.2 Å². The molecule has 0 atom stereocenters. The molecule has 0 spiro atoms. The predicted octanol–water partition coefficient (Wildman–Crippen LogP) is 1.26. The fraction of sp³-hybridized carbons (Fsp3) is 0.154. The minimum atomic E-state index is -0.146. The number of hydrogen-bond donors (Lipinski definition) is 0. The van der Waals surface area contributed by atoms with Crippen molar-refractivity contribution in [2.45, 2.75) is 13.5 Å². The van der Waals surface area contributed by atoms with Gasteiger partial charge in [0, 0.05) is 12.4 Å². The minimum Gasteiger partial charge on any atom is -0.456 e. The molecule has 0 radical (unpaired) electrons. The molecule has 0 aliphatic rings. The van der Waals surface area contributed by atoms with Gasteiger partial charge in [-0.3, -0.25) is 9.59 Å². The summed E-state index contributed by atoms with van der Waals surface area (Å²) in [4.78, 5) is 22.8. The predicted molar refractivity (Wildman–Crippen MR) is 67.4 cm³/mol. The van der Waals surface area contributed by atoms with Crippen molar-refractivity contribution in [3.63, 3.8) is 0 Å². The van der Waals surface area contributed by atoms with Crippen molar-refractivity contribution in [1.29, 1.82) is 0 Å². The van der Waals surface area contributed by atoms with Crippen LogP contribution < -0.4 is 5.56 Å². The van der Waals surface area contributed by atoms with Gasteiger partial charge in [-0.2, -0.15) is 5.10 Å². The number of hydrogen-bond acceptors (Lipinski definition) is 4. The number of furan rings is 1. The molecule has 6 heteroatoms. The Bertz CT molecular complexity index is 810. The number of carbonyl (C=O) groups excluding carboxylic acids is 1. The Labute approximate surface area is 107 Å². The first-order valence-corrected chi connectivity index (χ1v) is 5.77. The fourth-order valence-electron chi connectivity index (χ4n) is 1.98. The highest BCUT2D eigenvalue weighted by Crippen LogP contribution is 2.07. The first-order valence-electron chi connectivity index (χ1n) is 5.77. The molecule has 0 saturated carbocycles. The summed E-state index contributed by atoms with van der Waals surface area (Å²) in [6, 6.07) is 4.99. The first-order chi connectivity index (χ1) is 9.17. The van der Waals surface area contributed by atoms with Crippen LogP contribution in [0.4, 0.5) is 0 Å². The second kappa shape index (κ2) is 4.24. The van der Waals surface area contributed by atoms with E-state index in [1.54, 1.807) is 35.1 Å². The summed E-state index contributed by atoms with van der Waals surface area (Å²) in [6.45, 7) is 2.12. The molecule has 19 heavy (non-hydrogen) atoms. The first kappa shape index (κ1) is 11.5. The van der Waals surface area contributed by atoms with E-state index in [0.717, 1.165) is 5.69 Å². The van der Waals surface area contributed by atoms with Gasteiger partial charge in [0.2, 0.25) is 0 Å². The van der Waals surface area contributed by atoms with E-state index in [4.69, 9.17) is 4.42 Å². The van der Waals surface area contributed by atoms with Crippen molar-refractivity contribution < 1.29 is 9.21 Å². The number of nitrogens with zero attached hydrogens (tertiary/aromatic N) is 3. The van der Waals surface area contributed by atoms with E-state index in [0.29, 0.717) is 17.6 Å². The summed E-state index contributed by atoms with van der Waals surface area (Å²) >= 11 is 0. The van der Waals surface area contributed by atoms with Crippen LogP contribution in [0.3, 0.4) is 0 Å². The molecular formula is C13H11N3O3. The van der Waals surface area contributed by atoms with Crippen LogP contribution in [0.25, 0.3) is 5.52 Å². The highest BCUT2D eigenvalue weighted by Gasteiger charge is 2.07. The van der Waals surface area contributed by atoms with Crippen LogP contribution in [-0.4, -0.2) is 20.5 Å². The highest BCUT2D eigenvalue weighted by atomic mass is 16.3. The minimum absolute atomic E-state index is 0.146. The molecule has 0 unspecified atom stereocenters. The van der Waals surface area contributed by atoms with E-state index in [2.05, 4.69) is 5.10 Å². The van der Waals surface area contributed by atoms with E-state index in [9.17, 15) is 9.59 Å². The van der Waals surface area contributed by atoms with Gasteiger partial charge in [0.05, 0.1) is 12.2 Å². The molecule has 0 aromatic carbocycles. The second-order valence-electron chi connectivity index (χ2n) is 4.27. The van der Waals surface area contributed by atoms with Crippen molar-refractivity contribution in [3.8, 4) is 0 Å². The molecule has 3 heterocycles. The van der Waals surface area contributed by atoms with Crippen LogP contribution in [0.15, 0.2) is 39.8 Å². The van der Waals surface area contributed by atoms with E-state index < -0.39 is 0 Å². The van der Waals surface area contributed by atoms with Crippen LogP contribution in [0, 0.1) is 6.92 Å². The molecule has 96 valence electrons. The van der Waals surface area contributed by atoms with Gasteiger partial charge in [0.1, 0.15) is 11.3 Å². The normalized spacial score (nSPS) is 11.0. The van der Waals surface area contributed by atoms with Gasteiger partial charge < -0.3 is 8.98 Å². The lowest BCUT2D eigenvalue weighted by atomic mass is 10.4. The maximum Gasteiger partial charge on any atom is 0.276 e. The molecule has 0 bridgehead atoms. The molecule has 0 aliphatic carbocycles. The summed E-state index contributed by atoms with van der Waals surface area (Å²) in [5.74, 6) is 0.814. The van der Waals surface area contributed by atoms with Crippen molar-refractivity contribution in [2.24, 2.45) is 0 Å². The number of aryl methyl sites for hydroxylation is 1. The quantitative estimate of drug-likeness (QED) is 0.662. The van der Waals surface area contributed by atoms with Gasteiger partial charge in [0.15, 0.2) is 12.0 Å². The molecule has 0 amide bonds. The van der Waals surface area contributed by atoms with Crippen LogP contribution in [0.5, 0.6) is 0 Å². The molecule has 0 saturated heterocycles. The maximum atomic E-state index is 12.2. The molecular weight excluding hydrogens is 246 g/mol. The Kier molecular flexibility index (Phi) is 2.56. The Hall–Kier alpha value is -2.63. The van der Waals surface area contributed by atoms with Gasteiger partial charge in [-0.1, -0.05) is 0 Å². The standard InChI is InChI=1S/C13H11N3O3/c1-9-6-12-13(18)15(4-5-16(12)14-9)7-10-2-3-11(8-17)19-10/h2-6,8H,7H2,1H3. The Morgan fingerprint density at radius 2 is 2.21 bits per heavy atom. The number of carbonyl (C=O) groups is 1. The fourth-order valence-corrected chi connectivity index (χ4v) is 1.98. The molecule has 0 fully saturated rings. The van der Waals surface area contributed by atoms with Gasteiger partial charge in [-0.25, -0.2) is 4.52 Å². The molecule has 0 aliphatic heterocycles. The lowest BCUT2D eigenvalue weighted by Gasteiger charge is -2.03. The number of aldehydes is 1. The van der Waals surface area contributed by atoms with E-state index in [1.807, 2.05) is 6.92 Å². The third kappa shape index (κ3) is 1.97.